The number of aliphatic hydroxyl groups excluding tert-OH is 1. The van der Waals surface area contributed by atoms with E-state index in [1.54, 1.807) is 0 Å². The van der Waals surface area contributed by atoms with E-state index in [9.17, 15) is 4.39 Å². The quantitative estimate of drug-likeness (QED) is 0.502. The third-order valence-corrected chi connectivity index (χ3v) is 0. The van der Waals surface area contributed by atoms with Gasteiger partial charge in [-0.1, -0.05) is 0 Å². The predicted octanol–water partition coefficient (Wildman–Crippen LogP) is 0.0157. The number of alkyl halides is 1. The maximum absolute atomic E-state index is 9.85. The molecule has 1 nitrogen and oxygen atoms in total. The van der Waals surface area contributed by atoms with Crippen molar-refractivity contribution in [3.63, 3.8) is 0 Å². The van der Waals surface area contributed by atoms with Gasteiger partial charge in [-0.2, -0.15) is 0 Å². The van der Waals surface area contributed by atoms with Crippen molar-refractivity contribution in [2.24, 2.45) is 0 Å². The number of rotatable bonds is 0. The summed E-state index contributed by atoms with van der Waals surface area (Å²) in [5.41, 5.74) is 0. The monoisotopic (exact) mass is 140 g/mol. The second-order valence-electron chi connectivity index (χ2n) is 0.120. The number of hydrogen-bond donors (Lipinski definition) is 1. The summed E-state index contributed by atoms with van der Waals surface area (Å²) in [4.78, 5) is 0. The minimum absolute atomic E-state index is 0. The molecule has 0 aromatic rings. The molecule has 0 unspecified atom stereocenters. The van der Waals surface area contributed by atoms with Crippen LogP contribution in [0, 0.1) is 0 Å². The minimum atomic E-state index is -1.25. The molecule has 23 valence electrons. The van der Waals surface area contributed by atoms with Crippen LogP contribution in [0.3, 0.4) is 0 Å². The Morgan fingerprint density at radius 2 is 2.00 bits per heavy atom. The van der Waals surface area contributed by atoms with E-state index in [1.807, 2.05) is 0 Å². The van der Waals surface area contributed by atoms with Crippen LogP contribution in [0.4, 0.5) is 4.39 Å². The van der Waals surface area contributed by atoms with Gasteiger partial charge in [0.25, 0.3) is 0 Å². The van der Waals surface area contributed by atoms with Crippen molar-refractivity contribution >= 4 is 0 Å². The van der Waals surface area contributed by atoms with Gasteiger partial charge in [0.2, 0.25) is 0 Å². The maximum atomic E-state index is 9.85. The molecule has 0 aromatic heterocycles. The van der Waals surface area contributed by atoms with E-state index in [4.69, 9.17) is 5.11 Å². The van der Waals surface area contributed by atoms with Gasteiger partial charge in [0, 0.05) is 32.7 Å². The summed E-state index contributed by atoms with van der Waals surface area (Å²) in [7, 11) is 0. The third kappa shape index (κ3) is 12.0. The number of halogens is 1. The van der Waals surface area contributed by atoms with Gasteiger partial charge in [-0.25, -0.2) is 4.39 Å². The zero-order valence-corrected chi connectivity index (χ0v) is 4.95. The fourth-order valence-electron chi connectivity index (χ4n) is 0. The van der Waals surface area contributed by atoms with Gasteiger partial charge < -0.3 is 5.11 Å². The van der Waals surface area contributed by atoms with Crippen molar-refractivity contribution in [3.05, 3.63) is 0 Å². The summed E-state index contributed by atoms with van der Waals surface area (Å²) in [5, 5.41) is 6.90. The summed E-state index contributed by atoms with van der Waals surface area (Å²) in [6.07, 6.45) is 0. The molecule has 0 atom stereocenters. The Morgan fingerprint density at radius 1 is 2.00 bits per heavy atom. The second kappa shape index (κ2) is 9.00. The standard InChI is InChI=1S/CH3FO.Y/c2-1-3;/h3H,1H2;/p+1. The van der Waals surface area contributed by atoms with E-state index in [0.29, 0.717) is 0 Å². The molecule has 3 heteroatoms. The Morgan fingerprint density at radius 3 is 2.00 bits per heavy atom. The van der Waals surface area contributed by atoms with Crippen molar-refractivity contribution in [2.45, 2.75) is 0 Å². The van der Waals surface area contributed by atoms with Crippen LogP contribution >= 0.6 is 0 Å². The summed E-state index contributed by atoms with van der Waals surface area (Å²) >= 11 is 0. The van der Waals surface area contributed by atoms with Crippen LogP contribution in [0.15, 0.2) is 0 Å². The van der Waals surface area contributed by atoms with Crippen molar-refractivity contribution in [1.82, 2.24) is 0 Å². The molecule has 1 N–H and O–H groups in total. The Hall–Kier alpha value is 0.994. The number of aliphatic hydroxyl groups is 1. The van der Waals surface area contributed by atoms with Crippen LogP contribution in [0.1, 0.15) is 1.43 Å². The molecule has 0 saturated heterocycles. The molecule has 0 aliphatic heterocycles. The minimum Gasteiger partial charge on any atom is -0.366 e. The third-order valence-electron chi connectivity index (χ3n) is 0. The van der Waals surface area contributed by atoms with Gasteiger partial charge >= 0.3 is 1.43 Å². The van der Waals surface area contributed by atoms with Crippen LogP contribution in [-0.4, -0.2) is 12.0 Å². The molecule has 0 saturated carbocycles. The van der Waals surface area contributed by atoms with E-state index in [2.05, 4.69) is 0 Å². The van der Waals surface area contributed by atoms with Gasteiger partial charge in [-0.15, -0.1) is 0 Å². The molecule has 0 aliphatic carbocycles. The fourth-order valence-corrected chi connectivity index (χ4v) is 0. The Bertz CT molecular complexity index is 11.6. The van der Waals surface area contributed by atoms with Crippen molar-refractivity contribution in [2.75, 3.05) is 6.86 Å². The molecule has 0 aliphatic rings. The van der Waals surface area contributed by atoms with Gasteiger partial charge in [0.05, 0.1) is 0 Å². The second-order valence-corrected chi connectivity index (χ2v) is 0.120. The molecular formula is CH4FOY+. The van der Waals surface area contributed by atoms with Crippen LogP contribution in [0.5, 0.6) is 0 Å². The van der Waals surface area contributed by atoms with E-state index < -0.39 is 6.86 Å². The van der Waals surface area contributed by atoms with Crippen LogP contribution < -0.4 is 0 Å². The van der Waals surface area contributed by atoms with Crippen LogP contribution in [0.25, 0.3) is 0 Å². The molecule has 0 amide bonds. The largest absolute Gasteiger partial charge is 1.00 e. The first-order valence-electron chi connectivity index (χ1n) is 0.583. The summed E-state index contributed by atoms with van der Waals surface area (Å²) in [6.45, 7) is -1.25. The van der Waals surface area contributed by atoms with Crippen LogP contribution in [0.2, 0.25) is 0 Å². The molecule has 0 spiro atoms. The van der Waals surface area contributed by atoms with Gasteiger partial charge in [-0.3, -0.25) is 0 Å². The molecular weight excluding hydrogens is 136 g/mol. The molecule has 0 heterocycles. The predicted molar refractivity (Wildman–Crippen MR) is 9.31 cm³/mol. The Balaban J connectivity index is -0.0000000200. The van der Waals surface area contributed by atoms with Crippen molar-refractivity contribution in [1.29, 1.82) is 0 Å². The summed E-state index contributed by atoms with van der Waals surface area (Å²) in [6, 6.07) is 0. The Labute approximate surface area is 50.6 Å². The number of hydrogen-bond acceptors (Lipinski definition) is 1. The topological polar surface area (TPSA) is 20.2 Å². The molecule has 1 radical (unpaired) electrons. The fraction of sp³-hybridized carbons (Fsp3) is 1.00. The normalized spacial score (nSPS) is 4.50. The first-order chi connectivity index (χ1) is 1.41. The zero-order chi connectivity index (χ0) is 2.71. The molecule has 0 rings (SSSR count). The van der Waals surface area contributed by atoms with Gasteiger partial charge in [0.15, 0.2) is 6.86 Å². The van der Waals surface area contributed by atoms with E-state index in [1.165, 1.54) is 0 Å². The smallest absolute Gasteiger partial charge is 0.366 e. The van der Waals surface area contributed by atoms with Crippen LogP contribution in [-0.2, 0) is 32.7 Å². The Kier molecular flexibility index (Phi) is 20.0. The van der Waals surface area contributed by atoms with Gasteiger partial charge in [0.1, 0.15) is 0 Å². The SMILES string of the molecule is OCF.[H+].[Y]. The summed E-state index contributed by atoms with van der Waals surface area (Å²) < 4.78 is 9.85. The molecule has 0 aromatic carbocycles. The van der Waals surface area contributed by atoms with E-state index >= 15 is 0 Å². The molecule has 0 bridgehead atoms. The van der Waals surface area contributed by atoms with E-state index in [0.717, 1.165) is 0 Å². The molecule has 4 heavy (non-hydrogen) atoms. The maximum Gasteiger partial charge on any atom is 1.00 e. The first kappa shape index (κ1) is 8.89. The van der Waals surface area contributed by atoms with Gasteiger partial charge in [-0.05, 0) is 0 Å². The van der Waals surface area contributed by atoms with Crippen molar-refractivity contribution < 1.29 is 43.6 Å². The average Bonchev–Trinajstić information content (AvgIpc) is 0.918. The first-order valence-corrected chi connectivity index (χ1v) is 0.583. The summed E-state index contributed by atoms with van der Waals surface area (Å²) in [5.74, 6) is 0. The molecule has 0 fully saturated rings. The average molecular weight is 140 g/mol. The zero-order valence-electron chi connectivity index (χ0n) is 3.11. The van der Waals surface area contributed by atoms with Crippen molar-refractivity contribution in [3.8, 4) is 0 Å². The van der Waals surface area contributed by atoms with E-state index in [-0.39, 0.29) is 34.1 Å².